The van der Waals surface area contributed by atoms with Gasteiger partial charge in [-0.1, -0.05) is 33.6 Å². The van der Waals surface area contributed by atoms with Gasteiger partial charge in [-0.05, 0) is 39.0 Å². The minimum absolute atomic E-state index is 0.0631. The first-order valence-electron chi connectivity index (χ1n) is 8.44. The molecule has 0 aliphatic rings. The predicted molar refractivity (Wildman–Crippen MR) is 109 cm³/mol. The lowest BCUT2D eigenvalue weighted by molar-refractivity contribution is -0.384. The second-order valence-electron chi connectivity index (χ2n) is 7.16. The summed E-state index contributed by atoms with van der Waals surface area (Å²) in [6.45, 7) is 5.03. The highest BCUT2D eigenvalue weighted by molar-refractivity contribution is 9.10. The van der Waals surface area contributed by atoms with Gasteiger partial charge in [0.1, 0.15) is 22.9 Å². The van der Waals surface area contributed by atoms with Crippen molar-refractivity contribution in [1.29, 1.82) is 0 Å². The lowest BCUT2D eigenvalue weighted by atomic mass is 10.0. The van der Waals surface area contributed by atoms with Crippen LogP contribution in [0.1, 0.15) is 38.8 Å². The van der Waals surface area contributed by atoms with Gasteiger partial charge in [0, 0.05) is 10.0 Å². The summed E-state index contributed by atoms with van der Waals surface area (Å²) >= 11 is 9.00. The molecule has 0 saturated carbocycles. The van der Waals surface area contributed by atoms with E-state index < -0.39 is 39.9 Å². The van der Waals surface area contributed by atoms with Crippen LogP contribution in [-0.2, 0) is 9.53 Å². The molecule has 2 aromatic carbocycles. The van der Waals surface area contributed by atoms with Gasteiger partial charge in [0.2, 0.25) is 0 Å². The molecule has 1 atom stereocenters. The highest BCUT2D eigenvalue weighted by atomic mass is 79.9. The van der Waals surface area contributed by atoms with E-state index in [0.29, 0.717) is 10.5 Å². The first-order valence-corrected chi connectivity index (χ1v) is 9.62. The van der Waals surface area contributed by atoms with E-state index in [-0.39, 0.29) is 22.7 Å². The number of carbonyl (C=O) groups is 1. The highest BCUT2D eigenvalue weighted by Gasteiger charge is 2.28. The number of nitro benzene ring substituents is 1. The topological polar surface area (TPSA) is 81.5 Å². The number of nitrogens with one attached hydrogen (secondary N) is 1. The zero-order valence-corrected chi connectivity index (χ0v) is 18.1. The third-order valence-corrected chi connectivity index (χ3v) is 4.69. The first-order chi connectivity index (χ1) is 13.4. The summed E-state index contributed by atoms with van der Waals surface area (Å²) in [5.74, 6) is -2.27. The number of anilines is 1. The summed E-state index contributed by atoms with van der Waals surface area (Å²) in [6, 6.07) is 4.84. The van der Waals surface area contributed by atoms with Crippen molar-refractivity contribution in [2.45, 2.75) is 38.8 Å². The Morgan fingerprint density at radius 1 is 1.31 bits per heavy atom. The van der Waals surface area contributed by atoms with Crippen LogP contribution in [0.15, 0.2) is 34.8 Å². The molecule has 6 nitrogen and oxygen atoms in total. The number of nitro groups is 1. The van der Waals surface area contributed by atoms with Gasteiger partial charge in [0.25, 0.3) is 5.69 Å². The summed E-state index contributed by atoms with van der Waals surface area (Å²) in [4.78, 5) is 22.9. The SMILES string of the molecule is CC(C)(C)OC(=O)C[C@@H](Nc1cc(Cl)c(F)cc1[N+](=O)[O-])c1c(F)cccc1Br. The Labute approximate surface area is 179 Å². The van der Waals surface area contributed by atoms with Crippen molar-refractivity contribution in [1.82, 2.24) is 0 Å². The Bertz CT molecular complexity index is 930. The normalized spacial score (nSPS) is 12.4. The quantitative estimate of drug-likeness (QED) is 0.297. The van der Waals surface area contributed by atoms with Crippen LogP contribution in [0.25, 0.3) is 0 Å². The van der Waals surface area contributed by atoms with Gasteiger partial charge < -0.3 is 10.1 Å². The molecule has 1 N–H and O–H groups in total. The fraction of sp³-hybridized carbons (Fsp3) is 0.316. The maximum Gasteiger partial charge on any atom is 0.308 e. The van der Waals surface area contributed by atoms with Crippen LogP contribution in [0.4, 0.5) is 20.2 Å². The number of hydrogen-bond acceptors (Lipinski definition) is 5. The Morgan fingerprint density at radius 3 is 2.52 bits per heavy atom. The number of ether oxygens (including phenoxy) is 1. The molecule has 0 aliphatic heterocycles. The second-order valence-corrected chi connectivity index (χ2v) is 8.42. The Balaban J connectivity index is 2.50. The summed E-state index contributed by atoms with van der Waals surface area (Å²) in [5.41, 5.74) is -1.48. The maximum atomic E-state index is 14.6. The van der Waals surface area contributed by atoms with E-state index in [2.05, 4.69) is 21.2 Å². The van der Waals surface area contributed by atoms with E-state index in [0.717, 1.165) is 6.07 Å². The first kappa shape index (κ1) is 23.0. The van der Waals surface area contributed by atoms with Crippen LogP contribution in [0.3, 0.4) is 0 Å². The lowest BCUT2D eigenvalue weighted by Gasteiger charge is -2.24. The van der Waals surface area contributed by atoms with E-state index in [9.17, 15) is 23.7 Å². The van der Waals surface area contributed by atoms with Crippen molar-refractivity contribution in [3.8, 4) is 0 Å². The van der Waals surface area contributed by atoms with Crippen molar-refractivity contribution in [3.63, 3.8) is 0 Å². The Kier molecular flexibility index (Phi) is 7.18. The third kappa shape index (κ3) is 6.11. The Morgan fingerprint density at radius 2 is 1.97 bits per heavy atom. The van der Waals surface area contributed by atoms with Crippen molar-refractivity contribution in [3.05, 3.63) is 67.1 Å². The van der Waals surface area contributed by atoms with Crippen molar-refractivity contribution in [2.75, 3.05) is 5.32 Å². The molecule has 10 heteroatoms. The molecule has 0 spiro atoms. The van der Waals surface area contributed by atoms with Gasteiger partial charge in [-0.25, -0.2) is 8.78 Å². The fourth-order valence-corrected chi connectivity index (χ4v) is 3.39. The molecular formula is C19H18BrClF2N2O4. The monoisotopic (exact) mass is 490 g/mol. The maximum absolute atomic E-state index is 14.6. The van der Waals surface area contributed by atoms with Gasteiger partial charge in [-0.15, -0.1) is 0 Å². The van der Waals surface area contributed by atoms with E-state index in [1.165, 1.54) is 12.1 Å². The average molecular weight is 492 g/mol. The molecule has 0 aromatic heterocycles. The van der Waals surface area contributed by atoms with Crippen LogP contribution >= 0.6 is 27.5 Å². The molecule has 0 aliphatic carbocycles. The molecule has 0 bridgehead atoms. The van der Waals surface area contributed by atoms with E-state index in [1.807, 2.05) is 0 Å². The predicted octanol–water partition coefficient (Wildman–Crippen LogP) is 6.17. The minimum Gasteiger partial charge on any atom is -0.460 e. The van der Waals surface area contributed by atoms with E-state index in [1.54, 1.807) is 26.8 Å². The average Bonchev–Trinajstić information content (AvgIpc) is 2.55. The van der Waals surface area contributed by atoms with Gasteiger partial charge in [-0.3, -0.25) is 14.9 Å². The fourth-order valence-electron chi connectivity index (χ4n) is 2.61. The third-order valence-electron chi connectivity index (χ3n) is 3.70. The molecule has 0 amide bonds. The summed E-state index contributed by atoms with van der Waals surface area (Å²) < 4.78 is 33.9. The van der Waals surface area contributed by atoms with Crippen LogP contribution in [-0.4, -0.2) is 16.5 Å². The number of esters is 1. The molecule has 0 unspecified atom stereocenters. The van der Waals surface area contributed by atoms with Gasteiger partial charge in [-0.2, -0.15) is 0 Å². The number of nitrogens with zero attached hydrogens (tertiary/aromatic N) is 1. The summed E-state index contributed by atoms with van der Waals surface area (Å²) in [7, 11) is 0. The molecule has 29 heavy (non-hydrogen) atoms. The van der Waals surface area contributed by atoms with Crippen LogP contribution in [0.5, 0.6) is 0 Å². The summed E-state index contributed by atoms with van der Waals surface area (Å²) in [6.07, 6.45) is -0.344. The van der Waals surface area contributed by atoms with Crippen molar-refractivity contribution in [2.24, 2.45) is 0 Å². The number of rotatable bonds is 6. The zero-order chi connectivity index (χ0) is 21.9. The van der Waals surface area contributed by atoms with Crippen LogP contribution < -0.4 is 5.32 Å². The van der Waals surface area contributed by atoms with E-state index >= 15 is 0 Å². The Hall–Kier alpha value is -2.26. The lowest BCUT2D eigenvalue weighted by Crippen LogP contribution is -2.27. The molecule has 0 heterocycles. The standard InChI is InChI=1S/C19H18BrClF2N2O4/c1-19(2,3)29-17(26)9-15(18-10(20)5-4-6-12(18)22)24-14-7-11(21)13(23)8-16(14)25(27)28/h4-8,15,24H,9H2,1-3H3/t15-/m1/s1. The van der Waals surface area contributed by atoms with Gasteiger partial charge in [0.05, 0.1) is 28.5 Å². The number of halogens is 4. The highest BCUT2D eigenvalue weighted by Crippen LogP contribution is 2.36. The molecule has 156 valence electrons. The number of hydrogen-bond donors (Lipinski definition) is 1. The number of carbonyl (C=O) groups excluding carboxylic acids is 1. The van der Waals surface area contributed by atoms with Gasteiger partial charge in [0.15, 0.2) is 0 Å². The molecule has 2 rings (SSSR count). The molecular weight excluding hydrogens is 474 g/mol. The molecule has 0 fully saturated rings. The van der Waals surface area contributed by atoms with Crippen LogP contribution in [0, 0.1) is 21.7 Å². The second kappa shape index (κ2) is 9.04. The van der Waals surface area contributed by atoms with Gasteiger partial charge >= 0.3 is 5.97 Å². The largest absolute Gasteiger partial charge is 0.460 e. The van der Waals surface area contributed by atoms with E-state index in [4.69, 9.17) is 16.3 Å². The molecule has 0 radical (unpaired) electrons. The molecule has 0 saturated heterocycles. The van der Waals surface area contributed by atoms with Crippen molar-refractivity contribution < 1.29 is 23.2 Å². The zero-order valence-electron chi connectivity index (χ0n) is 15.8. The van der Waals surface area contributed by atoms with Crippen LogP contribution in [0.2, 0.25) is 5.02 Å². The smallest absolute Gasteiger partial charge is 0.308 e. The molecule has 2 aromatic rings. The minimum atomic E-state index is -1.05. The summed E-state index contributed by atoms with van der Waals surface area (Å²) in [5, 5.41) is 13.7. The van der Waals surface area contributed by atoms with Crippen molar-refractivity contribution >= 4 is 44.9 Å². The number of benzene rings is 2.